The van der Waals surface area contributed by atoms with Crippen LogP contribution in [0.2, 0.25) is 0 Å². The number of likely N-dealkylation sites (tertiary alicyclic amines) is 1. The Morgan fingerprint density at radius 3 is 2.41 bits per heavy atom. The zero-order valence-electron chi connectivity index (χ0n) is 20.9. The molecule has 2 aliphatic rings. The van der Waals surface area contributed by atoms with Crippen molar-refractivity contribution < 1.29 is 33.3 Å². The third kappa shape index (κ3) is 4.84. The molecule has 3 aromatic carbocycles. The normalized spacial score (nSPS) is 17.8. The summed E-state index contributed by atoms with van der Waals surface area (Å²) in [5.41, 5.74) is 2.02. The number of Topliss-reactive ketones (excluding diaryl/α,β-unsaturated/α-hetero) is 1. The van der Waals surface area contributed by atoms with E-state index in [4.69, 9.17) is 18.6 Å². The summed E-state index contributed by atoms with van der Waals surface area (Å²) in [5.74, 6) is 0.386. The summed E-state index contributed by atoms with van der Waals surface area (Å²) in [6, 6.07) is 24.5. The summed E-state index contributed by atoms with van der Waals surface area (Å²) in [7, 11) is 0. The van der Waals surface area contributed by atoms with Crippen molar-refractivity contribution in [1.82, 2.24) is 4.90 Å². The molecule has 3 heterocycles. The van der Waals surface area contributed by atoms with Crippen LogP contribution in [0, 0.1) is 0 Å². The quantitative estimate of drug-likeness (QED) is 0.201. The lowest BCUT2D eigenvalue weighted by atomic mass is 9.95. The molecule has 0 spiro atoms. The Hall–Kier alpha value is -4.98. The lowest BCUT2D eigenvalue weighted by molar-refractivity contribution is -0.140. The topological polar surface area (TPSA) is 98.4 Å². The number of hydrogen-bond donors (Lipinski definition) is 1. The largest absolute Gasteiger partial charge is 0.507 e. The van der Waals surface area contributed by atoms with E-state index in [2.05, 4.69) is 0 Å². The van der Waals surface area contributed by atoms with Crippen LogP contribution in [-0.2, 0) is 22.7 Å². The molecule has 6 rings (SSSR count). The van der Waals surface area contributed by atoms with E-state index in [0.29, 0.717) is 54.0 Å². The van der Waals surface area contributed by atoms with Crippen molar-refractivity contribution in [2.24, 2.45) is 0 Å². The van der Waals surface area contributed by atoms with E-state index in [1.165, 1.54) is 11.2 Å². The van der Waals surface area contributed by atoms with Gasteiger partial charge in [0, 0.05) is 5.56 Å². The van der Waals surface area contributed by atoms with Crippen LogP contribution in [0.3, 0.4) is 0 Å². The molecule has 196 valence electrons. The molecule has 2 aliphatic heterocycles. The second-order valence-electron chi connectivity index (χ2n) is 9.21. The summed E-state index contributed by atoms with van der Waals surface area (Å²) in [4.78, 5) is 28.0. The van der Waals surface area contributed by atoms with Gasteiger partial charge in [-0.3, -0.25) is 9.59 Å². The maximum Gasteiger partial charge on any atom is 0.296 e. The minimum absolute atomic E-state index is 0.0128. The highest BCUT2D eigenvalue weighted by molar-refractivity contribution is 6.46. The van der Waals surface area contributed by atoms with Crippen molar-refractivity contribution in [2.75, 3.05) is 13.2 Å². The summed E-state index contributed by atoms with van der Waals surface area (Å²) < 4.78 is 22.6. The molecule has 0 saturated carbocycles. The molecule has 1 aromatic heterocycles. The van der Waals surface area contributed by atoms with Crippen molar-refractivity contribution in [2.45, 2.75) is 19.2 Å². The highest BCUT2D eigenvalue weighted by Gasteiger charge is 2.46. The molecule has 0 radical (unpaired) electrons. The Labute approximate surface area is 224 Å². The standard InChI is InChI=1S/C31H25NO7/c33-29(22-10-13-25-26(17-22)38-16-15-37-25)27-28(32(31(35)30(27)34)18-24-7-4-14-36-24)21-8-11-23(12-9-21)39-19-20-5-2-1-3-6-20/h1-14,17,28,33H,15-16,18-19H2. The molecule has 1 unspecified atom stereocenters. The smallest absolute Gasteiger partial charge is 0.296 e. The van der Waals surface area contributed by atoms with Crippen LogP contribution < -0.4 is 14.2 Å². The van der Waals surface area contributed by atoms with Gasteiger partial charge in [-0.25, -0.2) is 0 Å². The van der Waals surface area contributed by atoms with Crippen LogP contribution in [0.5, 0.6) is 17.2 Å². The van der Waals surface area contributed by atoms with Gasteiger partial charge in [-0.2, -0.15) is 0 Å². The number of amides is 1. The molecule has 39 heavy (non-hydrogen) atoms. The molecule has 0 bridgehead atoms. The molecule has 1 amide bonds. The molecule has 0 aliphatic carbocycles. The second kappa shape index (κ2) is 10.4. The van der Waals surface area contributed by atoms with E-state index < -0.39 is 17.7 Å². The van der Waals surface area contributed by atoms with E-state index in [9.17, 15) is 14.7 Å². The number of carbonyl (C=O) groups is 2. The van der Waals surface area contributed by atoms with Crippen LogP contribution in [0.1, 0.15) is 28.5 Å². The maximum atomic E-state index is 13.3. The Balaban J connectivity index is 1.36. The van der Waals surface area contributed by atoms with Gasteiger partial charge in [0.2, 0.25) is 0 Å². The summed E-state index contributed by atoms with van der Waals surface area (Å²) in [6.07, 6.45) is 1.51. The number of carbonyl (C=O) groups excluding carboxylic acids is 2. The third-order valence-corrected chi connectivity index (χ3v) is 6.71. The number of aliphatic hydroxyl groups excluding tert-OH is 1. The summed E-state index contributed by atoms with van der Waals surface area (Å²) >= 11 is 0. The molecule has 4 aromatic rings. The first-order valence-corrected chi connectivity index (χ1v) is 12.6. The predicted octanol–water partition coefficient (Wildman–Crippen LogP) is 5.25. The minimum Gasteiger partial charge on any atom is -0.507 e. The number of ketones is 1. The van der Waals surface area contributed by atoms with Crippen LogP contribution in [0.4, 0.5) is 0 Å². The van der Waals surface area contributed by atoms with Gasteiger partial charge in [-0.1, -0.05) is 42.5 Å². The van der Waals surface area contributed by atoms with Crippen LogP contribution >= 0.6 is 0 Å². The summed E-state index contributed by atoms with van der Waals surface area (Å²) in [5, 5.41) is 11.4. The highest BCUT2D eigenvalue weighted by atomic mass is 16.6. The van der Waals surface area contributed by atoms with Crippen molar-refractivity contribution in [3.63, 3.8) is 0 Å². The van der Waals surface area contributed by atoms with E-state index in [-0.39, 0.29) is 17.9 Å². The van der Waals surface area contributed by atoms with E-state index >= 15 is 0 Å². The first-order valence-electron chi connectivity index (χ1n) is 12.6. The van der Waals surface area contributed by atoms with E-state index in [1.807, 2.05) is 30.3 Å². The third-order valence-electron chi connectivity index (χ3n) is 6.71. The fraction of sp³-hybridized carbons (Fsp3) is 0.161. The summed E-state index contributed by atoms with van der Waals surface area (Å²) in [6.45, 7) is 1.28. The van der Waals surface area contributed by atoms with Gasteiger partial charge in [-0.15, -0.1) is 0 Å². The molecule has 8 heteroatoms. The number of fused-ring (bicyclic) bond motifs is 1. The predicted molar refractivity (Wildman–Crippen MR) is 141 cm³/mol. The van der Waals surface area contributed by atoms with E-state index in [1.54, 1.807) is 54.6 Å². The van der Waals surface area contributed by atoms with Crippen LogP contribution in [0.15, 0.2) is 101 Å². The fourth-order valence-corrected chi connectivity index (χ4v) is 4.79. The molecule has 1 fully saturated rings. The molecule has 1 N–H and O–H groups in total. The number of benzene rings is 3. The Bertz CT molecular complexity index is 1530. The number of hydrogen-bond acceptors (Lipinski definition) is 7. The van der Waals surface area contributed by atoms with Gasteiger partial charge < -0.3 is 28.6 Å². The SMILES string of the molecule is O=C1C(=O)N(Cc2ccco2)C(c2ccc(OCc3ccccc3)cc2)C1=C(O)c1ccc2c(c1)OCCO2. The fourth-order valence-electron chi connectivity index (χ4n) is 4.79. The van der Waals surface area contributed by atoms with Gasteiger partial charge in [0.25, 0.3) is 11.7 Å². The molecular formula is C31H25NO7. The maximum absolute atomic E-state index is 13.3. The van der Waals surface area contributed by atoms with Gasteiger partial charge in [-0.05, 0) is 53.6 Å². The Kier molecular flexibility index (Phi) is 6.50. The average Bonchev–Trinajstić information content (AvgIpc) is 3.59. The monoisotopic (exact) mass is 523 g/mol. The van der Waals surface area contributed by atoms with Gasteiger partial charge in [0.1, 0.15) is 37.1 Å². The number of nitrogens with zero attached hydrogens (tertiary/aromatic N) is 1. The molecule has 1 atom stereocenters. The highest BCUT2D eigenvalue weighted by Crippen LogP contribution is 2.42. The first kappa shape index (κ1) is 24.4. The number of rotatable bonds is 7. The van der Waals surface area contributed by atoms with Gasteiger partial charge >= 0.3 is 0 Å². The van der Waals surface area contributed by atoms with E-state index in [0.717, 1.165) is 5.56 Å². The Morgan fingerprint density at radius 1 is 0.897 bits per heavy atom. The zero-order chi connectivity index (χ0) is 26.8. The lowest BCUT2D eigenvalue weighted by Gasteiger charge is -2.25. The molecule has 8 nitrogen and oxygen atoms in total. The van der Waals surface area contributed by atoms with Crippen molar-refractivity contribution in [1.29, 1.82) is 0 Å². The van der Waals surface area contributed by atoms with Gasteiger partial charge in [0.15, 0.2) is 11.5 Å². The van der Waals surface area contributed by atoms with Crippen molar-refractivity contribution in [3.05, 3.63) is 119 Å². The second-order valence-corrected chi connectivity index (χ2v) is 9.21. The zero-order valence-corrected chi connectivity index (χ0v) is 20.9. The van der Waals surface area contributed by atoms with Crippen LogP contribution in [0.25, 0.3) is 5.76 Å². The minimum atomic E-state index is -0.841. The van der Waals surface area contributed by atoms with Crippen molar-refractivity contribution in [3.8, 4) is 17.2 Å². The number of ether oxygens (including phenoxy) is 3. The van der Waals surface area contributed by atoms with Crippen LogP contribution in [-0.4, -0.2) is 34.9 Å². The number of furan rings is 1. The first-order chi connectivity index (χ1) is 19.1. The average molecular weight is 524 g/mol. The molecule has 1 saturated heterocycles. The van der Waals surface area contributed by atoms with Gasteiger partial charge in [0.05, 0.1) is 24.4 Å². The lowest BCUT2D eigenvalue weighted by Crippen LogP contribution is -2.29. The van der Waals surface area contributed by atoms with Crippen molar-refractivity contribution >= 4 is 17.4 Å². The molecular weight excluding hydrogens is 498 g/mol. The number of aliphatic hydroxyl groups is 1. The Morgan fingerprint density at radius 2 is 1.67 bits per heavy atom.